The highest BCUT2D eigenvalue weighted by molar-refractivity contribution is 5.28. The summed E-state index contributed by atoms with van der Waals surface area (Å²) in [4.78, 5) is 0. The van der Waals surface area contributed by atoms with E-state index in [9.17, 15) is 0 Å². The Bertz CT molecular complexity index is 352. The summed E-state index contributed by atoms with van der Waals surface area (Å²) in [6.45, 7) is 9.67. The molecule has 1 aliphatic carbocycles. The summed E-state index contributed by atoms with van der Waals surface area (Å²) in [5.74, 6) is 1.23. The van der Waals surface area contributed by atoms with Gasteiger partial charge in [-0.2, -0.15) is 5.10 Å². The predicted molar refractivity (Wildman–Crippen MR) is 61.7 cm³/mol. The van der Waals surface area contributed by atoms with Crippen LogP contribution in [0, 0.1) is 11.3 Å². The summed E-state index contributed by atoms with van der Waals surface area (Å²) in [5, 5.41) is 4.39. The van der Waals surface area contributed by atoms with E-state index in [2.05, 4.69) is 39.0 Å². The molecule has 1 heterocycles. The Morgan fingerprint density at radius 2 is 2.20 bits per heavy atom. The molecule has 0 radical (unpaired) electrons. The second-order valence-electron chi connectivity index (χ2n) is 5.49. The summed E-state index contributed by atoms with van der Waals surface area (Å²) < 4.78 is 2.03. The van der Waals surface area contributed by atoms with Gasteiger partial charge in [-0.25, -0.2) is 0 Å². The molecule has 1 aromatic rings. The largest absolute Gasteiger partial charge is 0.330 e. The van der Waals surface area contributed by atoms with E-state index in [-0.39, 0.29) is 0 Å². The quantitative estimate of drug-likeness (QED) is 0.825. The third kappa shape index (κ3) is 1.59. The highest BCUT2D eigenvalue weighted by Gasteiger charge is 2.57. The van der Waals surface area contributed by atoms with Crippen LogP contribution >= 0.6 is 0 Å². The average molecular weight is 207 g/mol. The fourth-order valence-corrected chi connectivity index (χ4v) is 2.64. The molecule has 0 spiro atoms. The fraction of sp³-hybridized carbons (Fsp3) is 0.750. The zero-order valence-corrected chi connectivity index (χ0v) is 10.1. The van der Waals surface area contributed by atoms with E-state index in [4.69, 9.17) is 5.73 Å². The summed E-state index contributed by atoms with van der Waals surface area (Å²) in [5.41, 5.74) is 7.49. The Hall–Kier alpha value is -0.830. The van der Waals surface area contributed by atoms with Crippen molar-refractivity contribution in [3.63, 3.8) is 0 Å². The van der Waals surface area contributed by atoms with Gasteiger partial charge in [0.15, 0.2) is 0 Å². The van der Waals surface area contributed by atoms with Crippen LogP contribution in [0.15, 0.2) is 12.4 Å². The summed E-state index contributed by atoms with van der Waals surface area (Å²) in [6, 6.07) is 0.442. The van der Waals surface area contributed by atoms with Crippen LogP contribution in [0.4, 0.5) is 0 Å². The molecule has 1 fully saturated rings. The van der Waals surface area contributed by atoms with Gasteiger partial charge in [-0.15, -0.1) is 0 Å². The summed E-state index contributed by atoms with van der Waals surface area (Å²) in [6.07, 6.45) is 4.18. The van der Waals surface area contributed by atoms with Gasteiger partial charge in [0.25, 0.3) is 0 Å². The minimum absolute atomic E-state index is 0.361. The maximum atomic E-state index is 5.78. The molecular formula is C12H21N3. The topological polar surface area (TPSA) is 43.8 Å². The van der Waals surface area contributed by atoms with Crippen LogP contribution in [-0.2, 0) is 0 Å². The van der Waals surface area contributed by atoms with Gasteiger partial charge >= 0.3 is 0 Å². The van der Waals surface area contributed by atoms with Crippen molar-refractivity contribution in [3.8, 4) is 0 Å². The van der Waals surface area contributed by atoms with Crippen LogP contribution in [0.2, 0.25) is 0 Å². The molecule has 2 atom stereocenters. The lowest BCUT2D eigenvalue weighted by Crippen LogP contribution is -2.05. The van der Waals surface area contributed by atoms with E-state index in [1.807, 2.05) is 10.9 Å². The highest BCUT2D eigenvalue weighted by atomic mass is 15.3. The van der Waals surface area contributed by atoms with E-state index in [1.165, 1.54) is 5.56 Å². The van der Waals surface area contributed by atoms with E-state index < -0.39 is 0 Å². The van der Waals surface area contributed by atoms with E-state index in [0.29, 0.717) is 23.3 Å². The van der Waals surface area contributed by atoms with E-state index in [1.54, 1.807) is 0 Å². The van der Waals surface area contributed by atoms with Crippen molar-refractivity contribution < 1.29 is 0 Å². The zero-order chi connectivity index (χ0) is 11.2. The molecule has 0 aromatic carbocycles. The highest BCUT2D eigenvalue weighted by Crippen LogP contribution is 2.63. The first-order valence-corrected chi connectivity index (χ1v) is 5.72. The van der Waals surface area contributed by atoms with Gasteiger partial charge in [0, 0.05) is 12.2 Å². The van der Waals surface area contributed by atoms with Crippen molar-refractivity contribution in [2.24, 2.45) is 17.1 Å². The molecule has 0 bridgehead atoms. The molecule has 3 heteroatoms. The number of rotatable bonds is 3. The Kier molecular flexibility index (Phi) is 2.38. The molecule has 0 unspecified atom stereocenters. The van der Waals surface area contributed by atoms with E-state index >= 15 is 0 Å². The maximum Gasteiger partial charge on any atom is 0.0525 e. The lowest BCUT2D eigenvalue weighted by atomic mass is 10.1. The number of nitrogens with two attached hydrogens (primary N) is 1. The van der Waals surface area contributed by atoms with Crippen LogP contribution in [0.25, 0.3) is 0 Å². The molecule has 0 saturated heterocycles. The summed E-state index contributed by atoms with van der Waals surface area (Å²) >= 11 is 0. The van der Waals surface area contributed by atoms with Crippen LogP contribution in [0.3, 0.4) is 0 Å². The van der Waals surface area contributed by atoms with Crippen molar-refractivity contribution in [1.82, 2.24) is 9.78 Å². The molecule has 2 rings (SSSR count). The average Bonchev–Trinajstić information content (AvgIpc) is 2.58. The first kappa shape index (κ1) is 10.7. The second kappa shape index (κ2) is 3.34. The summed E-state index contributed by atoms with van der Waals surface area (Å²) in [7, 11) is 0. The van der Waals surface area contributed by atoms with Crippen LogP contribution < -0.4 is 5.73 Å². The maximum absolute atomic E-state index is 5.78. The normalized spacial score (nSPS) is 28.4. The van der Waals surface area contributed by atoms with Crippen molar-refractivity contribution in [3.05, 3.63) is 18.0 Å². The number of hydrogen-bond acceptors (Lipinski definition) is 2. The molecule has 1 aliphatic rings. The Morgan fingerprint density at radius 1 is 1.53 bits per heavy atom. The first-order valence-electron chi connectivity index (χ1n) is 5.72. The molecule has 1 saturated carbocycles. The SMILES string of the molecule is CC(C)n1cc([C@H]2[C@H](CN)C2(C)C)cn1. The smallest absolute Gasteiger partial charge is 0.0525 e. The zero-order valence-electron chi connectivity index (χ0n) is 10.1. The molecule has 3 nitrogen and oxygen atoms in total. The number of hydrogen-bond donors (Lipinski definition) is 1. The monoisotopic (exact) mass is 207 g/mol. The van der Waals surface area contributed by atoms with Crippen molar-refractivity contribution in [2.75, 3.05) is 6.54 Å². The molecule has 0 aliphatic heterocycles. The van der Waals surface area contributed by atoms with Crippen molar-refractivity contribution in [1.29, 1.82) is 0 Å². The Labute approximate surface area is 91.7 Å². The minimum atomic E-state index is 0.361. The minimum Gasteiger partial charge on any atom is -0.330 e. The Morgan fingerprint density at radius 3 is 2.60 bits per heavy atom. The van der Waals surface area contributed by atoms with Gasteiger partial charge in [0.2, 0.25) is 0 Å². The van der Waals surface area contributed by atoms with Crippen molar-refractivity contribution in [2.45, 2.75) is 39.7 Å². The molecular weight excluding hydrogens is 186 g/mol. The van der Waals surface area contributed by atoms with Gasteiger partial charge in [-0.3, -0.25) is 4.68 Å². The lowest BCUT2D eigenvalue weighted by molar-refractivity contribution is 0.531. The van der Waals surface area contributed by atoms with Crippen molar-refractivity contribution >= 4 is 0 Å². The molecule has 84 valence electrons. The molecule has 1 aromatic heterocycles. The first-order chi connectivity index (χ1) is 6.98. The number of nitrogens with zero attached hydrogens (tertiary/aromatic N) is 2. The van der Waals surface area contributed by atoms with E-state index in [0.717, 1.165) is 6.54 Å². The third-order valence-corrected chi connectivity index (χ3v) is 3.81. The molecule has 15 heavy (non-hydrogen) atoms. The Balaban J connectivity index is 2.18. The second-order valence-corrected chi connectivity index (χ2v) is 5.49. The standard InChI is InChI=1S/C12H21N3/c1-8(2)15-7-9(6-14-15)11-10(5-13)12(11,3)4/h6-8,10-11H,5,13H2,1-4H3/t10-,11-/m0/s1. The number of aromatic nitrogens is 2. The van der Waals surface area contributed by atoms with Crippen LogP contribution in [0.1, 0.15) is 45.2 Å². The van der Waals surface area contributed by atoms with Gasteiger partial charge in [0.1, 0.15) is 0 Å². The van der Waals surface area contributed by atoms with Crippen LogP contribution in [-0.4, -0.2) is 16.3 Å². The van der Waals surface area contributed by atoms with Gasteiger partial charge in [-0.05, 0) is 43.2 Å². The fourth-order valence-electron chi connectivity index (χ4n) is 2.64. The molecule has 2 N–H and O–H groups in total. The molecule has 0 amide bonds. The van der Waals surface area contributed by atoms with Crippen LogP contribution in [0.5, 0.6) is 0 Å². The predicted octanol–water partition coefficient (Wildman–Crippen LogP) is 2.16. The third-order valence-electron chi connectivity index (χ3n) is 3.81. The van der Waals surface area contributed by atoms with Gasteiger partial charge in [-0.1, -0.05) is 13.8 Å². The van der Waals surface area contributed by atoms with Gasteiger partial charge in [0.05, 0.1) is 6.20 Å². The van der Waals surface area contributed by atoms with Gasteiger partial charge < -0.3 is 5.73 Å². The lowest BCUT2D eigenvalue weighted by Gasteiger charge is -2.03.